The SMILES string of the molecule is COCCNCCNCC1CCCCC1. The molecule has 2 N–H and O–H groups in total. The third kappa shape index (κ3) is 6.88. The predicted octanol–water partition coefficient (Wildman–Crippen LogP) is 1.39. The Morgan fingerprint density at radius 3 is 2.47 bits per heavy atom. The Bertz CT molecular complexity index is 136. The van der Waals surface area contributed by atoms with Gasteiger partial charge >= 0.3 is 0 Å². The number of hydrogen-bond donors (Lipinski definition) is 2. The van der Waals surface area contributed by atoms with Gasteiger partial charge in [0.15, 0.2) is 0 Å². The molecule has 3 heteroatoms. The molecule has 0 aromatic heterocycles. The quantitative estimate of drug-likeness (QED) is 0.599. The normalized spacial score (nSPS) is 18.2. The van der Waals surface area contributed by atoms with Gasteiger partial charge in [-0.25, -0.2) is 0 Å². The number of nitrogens with one attached hydrogen (secondary N) is 2. The molecule has 0 heterocycles. The first-order valence-corrected chi connectivity index (χ1v) is 6.34. The van der Waals surface area contributed by atoms with Crippen LogP contribution >= 0.6 is 0 Å². The van der Waals surface area contributed by atoms with Crippen LogP contribution in [0.25, 0.3) is 0 Å². The zero-order chi connectivity index (χ0) is 10.8. The summed E-state index contributed by atoms with van der Waals surface area (Å²) in [5.41, 5.74) is 0. The van der Waals surface area contributed by atoms with E-state index in [1.54, 1.807) is 7.11 Å². The summed E-state index contributed by atoms with van der Waals surface area (Å²) in [7, 11) is 1.74. The largest absolute Gasteiger partial charge is 0.383 e. The molecule has 1 fully saturated rings. The molecule has 1 aliphatic carbocycles. The summed E-state index contributed by atoms with van der Waals surface area (Å²) in [4.78, 5) is 0. The molecule has 0 unspecified atom stereocenters. The van der Waals surface area contributed by atoms with Gasteiger partial charge in [-0.2, -0.15) is 0 Å². The van der Waals surface area contributed by atoms with Crippen molar-refractivity contribution in [1.29, 1.82) is 0 Å². The van der Waals surface area contributed by atoms with Gasteiger partial charge in [0.05, 0.1) is 6.61 Å². The standard InChI is InChI=1S/C12H26N2O/c1-15-10-9-13-7-8-14-11-12-5-3-2-4-6-12/h12-14H,2-11H2,1H3. The molecule has 1 aliphatic rings. The average Bonchev–Trinajstić information content (AvgIpc) is 2.29. The van der Waals surface area contributed by atoms with Crippen LogP contribution in [0.2, 0.25) is 0 Å². The first kappa shape index (κ1) is 12.9. The van der Waals surface area contributed by atoms with Crippen molar-refractivity contribution in [3.63, 3.8) is 0 Å². The maximum Gasteiger partial charge on any atom is 0.0587 e. The Labute approximate surface area is 94.0 Å². The van der Waals surface area contributed by atoms with Crippen LogP contribution in [-0.2, 0) is 4.74 Å². The number of ether oxygens (including phenoxy) is 1. The molecule has 0 aromatic carbocycles. The van der Waals surface area contributed by atoms with E-state index in [-0.39, 0.29) is 0 Å². The first-order chi connectivity index (χ1) is 7.43. The van der Waals surface area contributed by atoms with Crippen molar-refractivity contribution in [2.24, 2.45) is 5.92 Å². The van der Waals surface area contributed by atoms with E-state index >= 15 is 0 Å². The van der Waals surface area contributed by atoms with Gasteiger partial charge < -0.3 is 15.4 Å². The van der Waals surface area contributed by atoms with Crippen LogP contribution in [0.1, 0.15) is 32.1 Å². The lowest BCUT2D eigenvalue weighted by atomic mass is 9.89. The lowest BCUT2D eigenvalue weighted by Crippen LogP contribution is -2.32. The van der Waals surface area contributed by atoms with E-state index in [9.17, 15) is 0 Å². The molecule has 3 nitrogen and oxygen atoms in total. The monoisotopic (exact) mass is 214 g/mol. The Balaban J connectivity index is 1.79. The smallest absolute Gasteiger partial charge is 0.0587 e. The lowest BCUT2D eigenvalue weighted by Gasteiger charge is -2.21. The third-order valence-electron chi connectivity index (χ3n) is 3.12. The van der Waals surface area contributed by atoms with Gasteiger partial charge in [-0.3, -0.25) is 0 Å². The summed E-state index contributed by atoms with van der Waals surface area (Å²) >= 11 is 0. The molecule has 0 atom stereocenters. The maximum atomic E-state index is 4.96. The molecule has 0 spiro atoms. The zero-order valence-corrected chi connectivity index (χ0v) is 10.1. The molecule has 15 heavy (non-hydrogen) atoms. The van der Waals surface area contributed by atoms with Gasteiger partial charge in [-0.1, -0.05) is 19.3 Å². The highest BCUT2D eigenvalue weighted by atomic mass is 16.5. The number of methoxy groups -OCH3 is 1. The number of rotatable bonds is 8. The summed E-state index contributed by atoms with van der Waals surface area (Å²) in [6.07, 6.45) is 7.21. The summed E-state index contributed by atoms with van der Waals surface area (Å²) in [5.74, 6) is 0.942. The van der Waals surface area contributed by atoms with Crippen molar-refractivity contribution in [2.45, 2.75) is 32.1 Å². The molecule has 90 valence electrons. The van der Waals surface area contributed by atoms with E-state index in [1.165, 1.54) is 38.6 Å². The Morgan fingerprint density at radius 2 is 1.73 bits per heavy atom. The summed E-state index contributed by atoms with van der Waals surface area (Å²) in [5, 5.41) is 6.87. The minimum absolute atomic E-state index is 0.808. The van der Waals surface area contributed by atoms with Crippen molar-refractivity contribution in [3.05, 3.63) is 0 Å². The molecule has 0 saturated heterocycles. The summed E-state index contributed by atoms with van der Waals surface area (Å²) in [6.45, 7) is 5.12. The van der Waals surface area contributed by atoms with E-state index < -0.39 is 0 Å². The van der Waals surface area contributed by atoms with Crippen LogP contribution in [0.5, 0.6) is 0 Å². The zero-order valence-electron chi connectivity index (χ0n) is 10.1. The van der Waals surface area contributed by atoms with Crippen LogP contribution in [0.4, 0.5) is 0 Å². The summed E-state index contributed by atoms with van der Waals surface area (Å²) < 4.78 is 4.96. The van der Waals surface area contributed by atoms with Gasteiger partial charge in [-0.05, 0) is 25.3 Å². The van der Waals surface area contributed by atoms with Crippen LogP contribution in [-0.4, -0.2) is 39.9 Å². The van der Waals surface area contributed by atoms with Crippen LogP contribution < -0.4 is 10.6 Å². The fourth-order valence-electron chi connectivity index (χ4n) is 2.17. The second-order valence-electron chi connectivity index (χ2n) is 4.45. The molecule has 0 amide bonds. The van der Waals surface area contributed by atoms with Crippen LogP contribution in [0, 0.1) is 5.92 Å². The Hall–Kier alpha value is -0.120. The van der Waals surface area contributed by atoms with Crippen molar-refractivity contribution in [1.82, 2.24) is 10.6 Å². The molecular weight excluding hydrogens is 188 g/mol. The lowest BCUT2D eigenvalue weighted by molar-refractivity contribution is 0.199. The van der Waals surface area contributed by atoms with Gasteiger partial charge in [0.2, 0.25) is 0 Å². The fourth-order valence-corrected chi connectivity index (χ4v) is 2.17. The Kier molecular flexibility index (Phi) is 7.88. The van der Waals surface area contributed by atoms with Gasteiger partial charge in [0.1, 0.15) is 0 Å². The van der Waals surface area contributed by atoms with Gasteiger partial charge in [0, 0.05) is 26.7 Å². The highest BCUT2D eigenvalue weighted by Gasteiger charge is 2.11. The molecule has 0 bridgehead atoms. The fraction of sp³-hybridized carbons (Fsp3) is 1.00. The maximum absolute atomic E-state index is 4.96. The summed E-state index contributed by atoms with van der Waals surface area (Å²) in [6, 6.07) is 0. The molecule has 0 aromatic rings. The second kappa shape index (κ2) is 9.13. The molecule has 0 aliphatic heterocycles. The average molecular weight is 214 g/mol. The van der Waals surface area contributed by atoms with Gasteiger partial charge in [0.25, 0.3) is 0 Å². The van der Waals surface area contributed by atoms with E-state index in [0.29, 0.717) is 0 Å². The third-order valence-corrected chi connectivity index (χ3v) is 3.12. The highest BCUT2D eigenvalue weighted by Crippen LogP contribution is 2.22. The minimum atomic E-state index is 0.808. The van der Waals surface area contributed by atoms with Crippen LogP contribution in [0.3, 0.4) is 0 Å². The van der Waals surface area contributed by atoms with Crippen molar-refractivity contribution >= 4 is 0 Å². The van der Waals surface area contributed by atoms with Crippen molar-refractivity contribution < 1.29 is 4.74 Å². The topological polar surface area (TPSA) is 33.3 Å². The van der Waals surface area contributed by atoms with E-state index in [0.717, 1.165) is 32.2 Å². The van der Waals surface area contributed by atoms with Crippen molar-refractivity contribution in [2.75, 3.05) is 39.9 Å². The molecule has 0 radical (unpaired) electrons. The van der Waals surface area contributed by atoms with E-state index in [1.807, 2.05) is 0 Å². The van der Waals surface area contributed by atoms with E-state index in [2.05, 4.69) is 10.6 Å². The molecular formula is C12H26N2O. The molecule has 1 saturated carbocycles. The second-order valence-corrected chi connectivity index (χ2v) is 4.45. The predicted molar refractivity (Wildman–Crippen MR) is 64.2 cm³/mol. The van der Waals surface area contributed by atoms with Crippen molar-refractivity contribution in [3.8, 4) is 0 Å². The van der Waals surface area contributed by atoms with Gasteiger partial charge in [-0.15, -0.1) is 0 Å². The Morgan fingerprint density at radius 1 is 1.00 bits per heavy atom. The first-order valence-electron chi connectivity index (χ1n) is 6.34. The van der Waals surface area contributed by atoms with Crippen LogP contribution in [0.15, 0.2) is 0 Å². The minimum Gasteiger partial charge on any atom is -0.383 e. The highest BCUT2D eigenvalue weighted by molar-refractivity contribution is 4.68. The molecule has 1 rings (SSSR count). The number of hydrogen-bond acceptors (Lipinski definition) is 3. The van der Waals surface area contributed by atoms with E-state index in [4.69, 9.17) is 4.74 Å².